The molecule has 0 atom stereocenters. The largest absolute Gasteiger partial charge is 0.504 e. The highest BCUT2D eigenvalue weighted by Crippen LogP contribution is 2.35. The maximum Gasteiger partial charge on any atom is 0.158 e. The van der Waals surface area contributed by atoms with Crippen molar-refractivity contribution in [1.29, 1.82) is 0 Å². The summed E-state index contributed by atoms with van der Waals surface area (Å²) in [5.74, 6) is -0.106. The van der Waals surface area contributed by atoms with Gasteiger partial charge in [0, 0.05) is 0 Å². The van der Waals surface area contributed by atoms with E-state index in [1.54, 1.807) is 12.1 Å². The average Bonchev–Trinajstić information content (AvgIpc) is 2.48. The molecule has 106 valence electrons. The van der Waals surface area contributed by atoms with Gasteiger partial charge in [0.15, 0.2) is 11.5 Å². The van der Waals surface area contributed by atoms with Gasteiger partial charge in [-0.25, -0.2) is 0 Å². The fourth-order valence-corrected chi connectivity index (χ4v) is 2.51. The molecule has 2 rings (SSSR count). The van der Waals surface area contributed by atoms with Gasteiger partial charge in [0.2, 0.25) is 0 Å². The zero-order valence-corrected chi connectivity index (χ0v) is 12.4. The van der Waals surface area contributed by atoms with Crippen molar-refractivity contribution in [1.82, 2.24) is 0 Å². The fourth-order valence-electron chi connectivity index (χ4n) is 2.51. The van der Waals surface area contributed by atoms with Gasteiger partial charge >= 0.3 is 0 Å². The number of aromatic hydroxyl groups is 2. The van der Waals surface area contributed by atoms with E-state index in [-0.39, 0.29) is 11.5 Å². The minimum Gasteiger partial charge on any atom is -0.504 e. The maximum absolute atomic E-state index is 9.78. The molecule has 0 radical (unpaired) electrons. The van der Waals surface area contributed by atoms with Crippen LogP contribution in [0, 0.1) is 0 Å². The van der Waals surface area contributed by atoms with Crippen LogP contribution in [0.4, 0.5) is 0 Å². The Labute approximate surface area is 120 Å². The Morgan fingerprint density at radius 2 is 1.25 bits per heavy atom. The highest BCUT2D eigenvalue weighted by molar-refractivity contribution is 5.72. The normalized spacial score (nSPS) is 10.8. The lowest BCUT2D eigenvalue weighted by molar-refractivity contribution is 0.403. The van der Waals surface area contributed by atoms with Crippen LogP contribution in [-0.4, -0.2) is 10.2 Å². The van der Waals surface area contributed by atoms with Crippen LogP contribution in [0.25, 0.3) is 11.1 Å². The second-order valence-corrected chi connectivity index (χ2v) is 5.10. The van der Waals surface area contributed by atoms with Gasteiger partial charge in [-0.2, -0.15) is 0 Å². The molecule has 2 aromatic carbocycles. The van der Waals surface area contributed by atoms with Crippen molar-refractivity contribution in [2.24, 2.45) is 0 Å². The van der Waals surface area contributed by atoms with Gasteiger partial charge in [-0.3, -0.25) is 0 Å². The first-order valence-electron chi connectivity index (χ1n) is 7.27. The van der Waals surface area contributed by atoms with Crippen LogP contribution in [0.2, 0.25) is 0 Å². The number of hydrogen-bond donors (Lipinski definition) is 2. The highest BCUT2D eigenvalue weighted by atomic mass is 16.3. The van der Waals surface area contributed by atoms with Crippen LogP contribution >= 0.6 is 0 Å². The quantitative estimate of drug-likeness (QED) is 0.806. The number of hydrogen-bond acceptors (Lipinski definition) is 2. The number of rotatable bonds is 4. The van der Waals surface area contributed by atoms with Gasteiger partial charge in [0.1, 0.15) is 0 Å². The molecule has 2 heteroatoms. The molecule has 0 bridgehead atoms. The Balaban J connectivity index is 2.63. The molecule has 2 nitrogen and oxygen atoms in total. The van der Waals surface area contributed by atoms with Crippen LogP contribution in [0.5, 0.6) is 11.5 Å². The van der Waals surface area contributed by atoms with Crippen LogP contribution in [0.15, 0.2) is 30.3 Å². The molecule has 0 aliphatic rings. The van der Waals surface area contributed by atoms with Crippen molar-refractivity contribution in [3.63, 3.8) is 0 Å². The van der Waals surface area contributed by atoms with Crippen LogP contribution in [0.1, 0.15) is 37.5 Å². The standard InChI is InChI=1S/C18H22O2/c1-4-12-7-13(5-2)9-15(8-12)16-11-18(20)17(19)10-14(16)6-3/h7-11,19-20H,4-6H2,1-3H3. The minimum absolute atomic E-state index is 0.0482. The zero-order valence-electron chi connectivity index (χ0n) is 12.4. The van der Waals surface area contributed by atoms with E-state index in [4.69, 9.17) is 0 Å². The molecule has 0 heterocycles. The second-order valence-electron chi connectivity index (χ2n) is 5.10. The number of aryl methyl sites for hydroxylation is 3. The third kappa shape index (κ3) is 2.79. The lowest BCUT2D eigenvalue weighted by Gasteiger charge is -2.13. The first kappa shape index (κ1) is 14.4. The summed E-state index contributed by atoms with van der Waals surface area (Å²) in [5, 5.41) is 19.4. The predicted molar refractivity (Wildman–Crippen MR) is 83.3 cm³/mol. The van der Waals surface area contributed by atoms with Gasteiger partial charge in [0.25, 0.3) is 0 Å². The van der Waals surface area contributed by atoms with E-state index in [0.29, 0.717) is 0 Å². The Morgan fingerprint density at radius 1 is 0.700 bits per heavy atom. The zero-order chi connectivity index (χ0) is 14.7. The Hall–Kier alpha value is -1.96. The predicted octanol–water partition coefficient (Wildman–Crippen LogP) is 4.45. The van der Waals surface area contributed by atoms with Crippen molar-refractivity contribution in [3.05, 3.63) is 47.0 Å². The van der Waals surface area contributed by atoms with Gasteiger partial charge in [-0.15, -0.1) is 0 Å². The summed E-state index contributed by atoms with van der Waals surface area (Å²) >= 11 is 0. The summed E-state index contributed by atoms with van der Waals surface area (Å²) in [5.41, 5.74) is 5.78. The molecule has 0 aliphatic carbocycles. The van der Waals surface area contributed by atoms with Crippen molar-refractivity contribution in [3.8, 4) is 22.6 Å². The SMILES string of the molecule is CCc1cc(CC)cc(-c2cc(O)c(O)cc2CC)c1. The van der Waals surface area contributed by atoms with Crippen LogP contribution in [0.3, 0.4) is 0 Å². The lowest BCUT2D eigenvalue weighted by atomic mass is 9.93. The van der Waals surface area contributed by atoms with Gasteiger partial charge in [-0.05, 0) is 59.2 Å². The monoisotopic (exact) mass is 270 g/mol. The fraction of sp³-hybridized carbons (Fsp3) is 0.333. The van der Waals surface area contributed by atoms with E-state index in [1.807, 2.05) is 0 Å². The lowest BCUT2D eigenvalue weighted by Crippen LogP contribution is -1.92. The van der Waals surface area contributed by atoms with Crippen LogP contribution < -0.4 is 0 Å². The average molecular weight is 270 g/mol. The molecule has 0 unspecified atom stereocenters. The van der Waals surface area contributed by atoms with E-state index < -0.39 is 0 Å². The number of phenols is 2. The summed E-state index contributed by atoms with van der Waals surface area (Å²) in [6.07, 6.45) is 2.81. The van der Waals surface area contributed by atoms with E-state index in [0.717, 1.165) is 36.0 Å². The van der Waals surface area contributed by atoms with E-state index >= 15 is 0 Å². The smallest absolute Gasteiger partial charge is 0.158 e. The van der Waals surface area contributed by atoms with Gasteiger partial charge in [0.05, 0.1) is 0 Å². The van der Waals surface area contributed by atoms with Gasteiger partial charge in [-0.1, -0.05) is 39.0 Å². The first-order chi connectivity index (χ1) is 9.58. The van der Waals surface area contributed by atoms with E-state index in [2.05, 4.69) is 39.0 Å². The molecule has 2 aromatic rings. The molecule has 0 fully saturated rings. The minimum atomic E-state index is -0.0582. The van der Waals surface area contributed by atoms with Crippen molar-refractivity contribution >= 4 is 0 Å². The first-order valence-corrected chi connectivity index (χ1v) is 7.27. The maximum atomic E-state index is 9.78. The molecule has 2 N–H and O–H groups in total. The third-order valence-electron chi connectivity index (χ3n) is 3.76. The molecule has 0 aliphatic heterocycles. The van der Waals surface area contributed by atoms with E-state index in [1.165, 1.54) is 11.1 Å². The number of phenolic OH excluding ortho intramolecular Hbond substituents is 2. The Morgan fingerprint density at radius 3 is 1.75 bits per heavy atom. The molecule has 0 saturated carbocycles. The highest BCUT2D eigenvalue weighted by Gasteiger charge is 2.10. The molecule has 0 aromatic heterocycles. The molecular weight excluding hydrogens is 248 g/mol. The second kappa shape index (κ2) is 6.00. The summed E-state index contributed by atoms with van der Waals surface area (Å²) < 4.78 is 0. The van der Waals surface area contributed by atoms with E-state index in [9.17, 15) is 10.2 Å². The third-order valence-corrected chi connectivity index (χ3v) is 3.76. The summed E-state index contributed by atoms with van der Waals surface area (Å²) in [6, 6.07) is 9.90. The Kier molecular flexibility index (Phi) is 4.33. The number of benzene rings is 2. The molecule has 20 heavy (non-hydrogen) atoms. The van der Waals surface area contributed by atoms with Crippen molar-refractivity contribution < 1.29 is 10.2 Å². The van der Waals surface area contributed by atoms with Gasteiger partial charge < -0.3 is 10.2 Å². The molecule has 0 spiro atoms. The summed E-state index contributed by atoms with van der Waals surface area (Å²) in [7, 11) is 0. The molecule has 0 amide bonds. The Bertz CT molecular complexity index is 593. The van der Waals surface area contributed by atoms with Crippen molar-refractivity contribution in [2.45, 2.75) is 40.0 Å². The molecule has 0 saturated heterocycles. The van der Waals surface area contributed by atoms with Crippen LogP contribution in [-0.2, 0) is 19.3 Å². The summed E-state index contributed by atoms with van der Waals surface area (Å²) in [6.45, 7) is 6.35. The van der Waals surface area contributed by atoms with Crippen molar-refractivity contribution in [2.75, 3.05) is 0 Å². The summed E-state index contributed by atoms with van der Waals surface area (Å²) in [4.78, 5) is 0. The topological polar surface area (TPSA) is 40.5 Å². The molecular formula is C18H22O2.